The zero-order valence-corrected chi connectivity index (χ0v) is 26.0. The van der Waals surface area contributed by atoms with Gasteiger partial charge in [-0.2, -0.15) is 0 Å². The number of hydrogen-bond acceptors (Lipinski definition) is 5. The largest absolute Gasteiger partial charge is 0.365 e. The lowest BCUT2D eigenvalue weighted by Gasteiger charge is -2.46. The van der Waals surface area contributed by atoms with Gasteiger partial charge < -0.3 is 26.0 Å². The van der Waals surface area contributed by atoms with E-state index in [-0.39, 0.29) is 36.3 Å². The average Bonchev–Trinajstić information content (AvgIpc) is 3.64. The highest BCUT2D eigenvalue weighted by Crippen LogP contribution is 2.65. The van der Waals surface area contributed by atoms with Gasteiger partial charge in [0, 0.05) is 30.8 Å². The molecule has 3 fully saturated rings. The van der Waals surface area contributed by atoms with Gasteiger partial charge in [0.05, 0.1) is 11.7 Å². The Morgan fingerprint density at radius 2 is 1.42 bits per heavy atom. The van der Waals surface area contributed by atoms with Crippen LogP contribution in [0.1, 0.15) is 38.3 Å². The Hall–Kier alpha value is -4.24. The van der Waals surface area contributed by atoms with E-state index in [2.05, 4.69) is 35.1 Å². The van der Waals surface area contributed by atoms with Crippen LogP contribution in [0.25, 0.3) is 0 Å². The number of epoxide rings is 1. The van der Waals surface area contributed by atoms with Gasteiger partial charge in [-0.1, -0.05) is 91.9 Å². The zero-order chi connectivity index (χ0) is 31.8. The van der Waals surface area contributed by atoms with Crippen molar-refractivity contribution in [2.45, 2.75) is 69.9 Å². The van der Waals surface area contributed by atoms with E-state index in [4.69, 9.17) is 4.74 Å². The van der Waals surface area contributed by atoms with Crippen molar-refractivity contribution in [3.63, 3.8) is 0 Å². The van der Waals surface area contributed by atoms with Crippen LogP contribution in [-0.4, -0.2) is 60.0 Å². The Kier molecular flexibility index (Phi) is 8.39. The second-order valence-corrected chi connectivity index (χ2v) is 13.0. The highest BCUT2D eigenvalue weighted by molar-refractivity contribution is 6.09. The lowest BCUT2D eigenvalue weighted by atomic mass is 9.52. The monoisotopic (exact) mass is 610 g/mol. The number of rotatable bonds is 4. The van der Waals surface area contributed by atoms with Crippen molar-refractivity contribution in [1.29, 1.82) is 0 Å². The van der Waals surface area contributed by atoms with Crippen molar-refractivity contribution in [2.75, 3.05) is 6.54 Å². The first-order valence-corrected chi connectivity index (χ1v) is 15.9. The zero-order valence-electron chi connectivity index (χ0n) is 26.0. The maximum absolute atomic E-state index is 14.9. The van der Waals surface area contributed by atoms with Crippen molar-refractivity contribution < 1.29 is 23.9 Å². The van der Waals surface area contributed by atoms with Crippen molar-refractivity contribution in [2.24, 2.45) is 23.2 Å². The summed E-state index contributed by atoms with van der Waals surface area (Å²) in [4.78, 5) is 55.9. The topological polar surface area (TPSA) is 129 Å². The van der Waals surface area contributed by atoms with Crippen LogP contribution in [0, 0.1) is 23.2 Å². The number of carbonyl (C=O) groups is 4. The first-order valence-electron chi connectivity index (χ1n) is 15.9. The quantitative estimate of drug-likeness (QED) is 0.240. The van der Waals surface area contributed by atoms with Crippen LogP contribution in [0.2, 0.25) is 0 Å². The summed E-state index contributed by atoms with van der Waals surface area (Å²) < 4.78 is 6.39. The molecule has 2 aromatic rings. The molecule has 9 nitrogen and oxygen atoms in total. The van der Waals surface area contributed by atoms with Gasteiger partial charge in [-0.25, -0.2) is 0 Å². The van der Waals surface area contributed by atoms with E-state index in [1.165, 1.54) is 0 Å². The van der Waals surface area contributed by atoms with Crippen LogP contribution in [0.5, 0.6) is 0 Å². The summed E-state index contributed by atoms with van der Waals surface area (Å²) in [6, 6.07) is 17.2. The van der Waals surface area contributed by atoms with E-state index < -0.39 is 46.7 Å². The Bertz CT molecular complexity index is 1510. The van der Waals surface area contributed by atoms with E-state index in [0.29, 0.717) is 19.4 Å². The molecule has 6 rings (SSSR count). The van der Waals surface area contributed by atoms with Gasteiger partial charge in [-0.15, -0.1) is 0 Å². The normalized spacial score (nSPS) is 37.9. The molecular formula is C36H42N4O5. The summed E-state index contributed by atoms with van der Waals surface area (Å²) in [5.74, 6) is -2.71. The van der Waals surface area contributed by atoms with Crippen molar-refractivity contribution in [1.82, 2.24) is 21.3 Å². The molecule has 3 aliphatic heterocycles. The predicted octanol–water partition coefficient (Wildman–Crippen LogP) is 2.62. The van der Waals surface area contributed by atoms with Crippen LogP contribution in [0.3, 0.4) is 0 Å². The number of allylic oxidation sites excluding steroid dienone is 2. The first kappa shape index (κ1) is 30.8. The van der Waals surface area contributed by atoms with Gasteiger partial charge in [0.1, 0.15) is 17.5 Å². The molecule has 236 valence electrons. The number of benzene rings is 2. The minimum Gasteiger partial charge on any atom is -0.365 e. The molecule has 0 radical (unpaired) electrons. The summed E-state index contributed by atoms with van der Waals surface area (Å²) in [6.45, 7) is 6.09. The van der Waals surface area contributed by atoms with E-state index in [9.17, 15) is 19.2 Å². The molecule has 2 aromatic carbocycles. The minimum absolute atomic E-state index is 0.124. The summed E-state index contributed by atoms with van der Waals surface area (Å²) in [5.41, 5.74) is -0.0831. The van der Waals surface area contributed by atoms with Crippen molar-refractivity contribution in [3.8, 4) is 0 Å². The molecule has 4 amide bonds. The minimum atomic E-state index is -1.50. The third kappa shape index (κ3) is 5.58. The molecule has 0 bridgehead atoms. The second-order valence-electron chi connectivity index (χ2n) is 13.0. The van der Waals surface area contributed by atoms with Gasteiger partial charge in [-0.05, 0) is 43.7 Å². The van der Waals surface area contributed by atoms with Crippen LogP contribution in [-0.2, 0) is 36.8 Å². The Morgan fingerprint density at radius 1 is 0.778 bits per heavy atom. The smallest absolute Gasteiger partial charge is 0.243 e. The maximum atomic E-state index is 14.9. The molecule has 2 unspecified atom stereocenters. The van der Waals surface area contributed by atoms with E-state index >= 15 is 0 Å². The number of amides is 4. The third-order valence-electron chi connectivity index (χ3n) is 10.3. The second kappa shape index (κ2) is 12.3. The summed E-state index contributed by atoms with van der Waals surface area (Å²) >= 11 is 0. The number of fused-ring (bicyclic) bond motifs is 2. The van der Waals surface area contributed by atoms with Crippen LogP contribution in [0.4, 0.5) is 0 Å². The molecule has 1 spiro atoms. The lowest BCUT2D eigenvalue weighted by molar-refractivity contribution is -0.151. The maximum Gasteiger partial charge on any atom is 0.243 e. The Labute approximate surface area is 264 Å². The SMILES string of the molecule is C[C@H]1NC(=O)[C@H](Cc2ccccc2)NC(=O)[C@@]23C(=O)N[C@@H](Cc4ccccc4)C2[C@H](C)[C@@]2(C)O[C@H]2C3/C=C/C/C=C\CNC1=O. The van der Waals surface area contributed by atoms with Crippen LogP contribution < -0.4 is 21.3 Å². The van der Waals surface area contributed by atoms with Gasteiger partial charge in [0.2, 0.25) is 23.6 Å². The van der Waals surface area contributed by atoms with E-state index in [1.807, 2.05) is 85.0 Å². The lowest BCUT2D eigenvalue weighted by Crippen LogP contribution is -2.64. The fourth-order valence-electron chi connectivity index (χ4n) is 7.81. The molecule has 4 aliphatic rings. The standard InChI is InChI=1S/C36H42N4O5/c1-22-29-27(20-24-14-8-6-9-15-24)39-33(43)36(29)26(30-35(22,3)45-30)18-12-4-5-13-19-37-31(41)23(2)38-32(42)28(40-34(36)44)21-25-16-10-7-11-17-25/h5-18,22-23,26-30H,4,19-21H2,1-3H3,(H,37,41)(H,38,42)(H,39,43)(H,40,44)/b13-5-,18-12+/t22-,23+,26?,27-,28-,29?,30-,35+,36+/m0/s1. The number of nitrogens with one attached hydrogen (secondary N) is 4. The van der Waals surface area contributed by atoms with Crippen molar-refractivity contribution >= 4 is 23.6 Å². The molecule has 1 aliphatic carbocycles. The average molecular weight is 611 g/mol. The molecule has 9 atom stereocenters. The highest BCUT2D eigenvalue weighted by Gasteiger charge is 2.78. The molecule has 4 N–H and O–H groups in total. The third-order valence-corrected chi connectivity index (χ3v) is 10.3. The molecule has 45 heavy (non-hydrogen) atoms. The molecule has 1 saturated carbocycles. The number of carbonyl (C=O) groups excluding carboxylic acids is 4. The predicted molar refractivity (Wildman–Crippen MR) is 170 cm³/mol. The molecule has 0 aromatic heterocycles. The van der Waals surface area contributed by atoms with E-state index in [0.717, 1.165) is 11.1 Å². The Balaban J connectivity index is 1.44. The molecule has 9 heteroatoms. The molecule has 3 heterocycles. The molecule has 2 saturated heterocycles. The Morgan fingerprint density at radius 3 is 2.11 bits per heavy atom. The van der Waals surface area contributed by atoms with Gasteiger partial charge >= 0.3 is 0 Å². The van der Waals surface area contributed by atoms with Crippen LogP contribution >= 0.6 is 0 Å². The number of hydrogen-bond donors (Lipinski definition) is 4. The van der Waals surface area contributed by atoms with Gasteiger partial charge in [-0.3, -0.25) is 19.2 Å². The highest BCUT2D eigenvalue weighted by atomic mass is 16.6. The first-order chi connectivity index (χ1) is 21.7. The summed E-state index contributed by atoms with van der Waals surface area (Å²) in [6.07, 6.45) is 8.70. The summed E-state index contributed by atoms with van der Waals surface area (Å²) in [7, 11) is 0. The molecular weight excluding hydrogens is 568 g/mol. The number of ether oxygens (including phenoxy) is 1. The fraction of sp³-hybridized carbons (Fsp3) is 0.444. The van der Waals surface area contributed by atoms with E-state index in [1.54, 1.807) is 6.92 Å². The summed E-state index contributed by atoms with van der Waals surface area (Å²) in [5, 5.41) is 11.9. The fourth-order valence-corrected chi connectivity index (χ4v) is 7.81. The van der Waals surface area contributed by atoms with Crippen LogP contribution in [0.15, 0.2) is 85.0 Å². The van der Waals surface area contributed by atoms with Gasteiger partial charge in [0.15, 0.2) is 0 Å². The van der Waals surface area contributed by atoms with Crippen molar-refractivity contribution in [3.05, 3.63) is 96.1 Å². The van der Waals surface area contributed by atoms with Gasteiger partial charge in [0.25, 0.3) is 0 Å².